The van der Waals surface area contributed by atoms with Crippen LogP contribution in [0.1, 0.15) is 17.5 Å². The molecule has 2 aromatic carbocycles. The maximum absolute atomic E-state index is 12.1. The number of carbonyl (C=O) groups excluding carboxylic acids is 2. The van der Waals surface area contributed by atoms with Gasteiger partial charge in [0, 0.05) is 16.4 Å². The summed E-state index contributed by atoms with van der Waals surface area (Å²) in [6.07, 6.45) is 1.38. The fourth-order valence-corrected chi connectivity index (χ4v) is 2.88. The third kappa shape index (κ3) is 5.67. The van der Waals surface area contributed by atoms with Crippen molar-refractivity contribution in [2.45, 2.75) is 25.3 Å². The van der Waals surface area contributed by atoms with Crippen molar-refractivity contribution in [2.24, 2.45) is 5.73 Å². The summed E-state index contributed by atoms with van der Waals surface area (Å²) in [5, 5.41) is 2.75. The second kappa shape index (κ2) is 8.67. The number of hydrogen-bond donors (Lipinski definition) is 2. The largest absolute Gasteiger partial charge is 0.368 e. The number of halogens is 1. The molecule has 0 heterocycles. The van der Waals surface area contributed by atoms with Gasteiger partial charge < -0.3 is 11.1 Å². The minimum Gasteiger partial charge on any atom is -0.368 e. The van der Waals surface area contributed by atoms with Gasteiger partial charge in [-0.05, 0) is 46.2 Å². The highest BCUT2D eigenvalue weighted by molar-refractivity contribution is 14.1. The molecule has 2 rings (SSSR count). The second-order valence-corrected chi connectivity index (χ2v) is 6.47. The Bertz CT molecular complexity index is 674. The molecular formula is C18H19IN2O2. The van der Waals surface area contributed by atoms with E-state index in [1.165, 1.54) is 0 Å². The lowest BCUT2D eigenvalue weighted by Gasteiger charge is -2.16. The summed E-state index contributed by atoms with van der Waals surface area (Å²) in [6.45, 7) is 0. The quantitative estimate of drug-likeness (QED) is 0.673. The lowest BCUT2D eigenvalue weighted by molar-refractivity contribution is -0.127. The fraction of sp³-hybridized carbons (Fsp3) is 0.222. The Morgan fingerprint density at radius 2 is 1.70 bits per heavy atom. The zero-order valence-electron chi connectivity index (χ0n) is 12.7. The summed E-state index contributed by atoms with van der Waals surface area (Å²) in [5.41, 5.74) is 7.53. The van der Waals surface area contributed by atoms with Crippen molar-refractivity contribution in [3.63, 3.8) is 0 Å². The van der Waals surface area contributed by atoms with E-state index in [4.69, 9.17) is 5.73 Å². The molecule has 0 bridgehead atoms. The third-order valence-corrected chi connectivity index (χ3v) is 4.60. The van der Waals surface area contributed by atoms with Crippen LogP contribution in [-0.4, -0.2) is 17.9 Å². The third-order valence-electron chi connectivity index (χ3n) is 3.54. The van der Waals surface area contributed by atoms with Crippen LogP contribution in [0.25, 0.3) is 0 Å². The molecule has 2 aromatic rings. The van der Waals surface area contributed by atoms with Gasteiger partial charge in [-0.25, -0.2) is 0 Å². The predicted molar refractivity (Wildman–Crippen MR) is 98.8 cm³/mol. The Morgan fingerprint density at radius 1 is 1.04 bits per heavy atom. The fourth-order valence-electron chi connectivity index (χ4n) is 2.28. The summed E-state index contributed by atoms with van der Waals surface area (Å²) in [5.74, 6) is -0.679. The van der Waals surface area contributed by atoms with Gasteiger partial charge in [0.25, 0.3) is 0 Å². The van der Waals surface area contributed by atoms with Gasteiger partial charge in [0.2, 0.25) is 11.8 Å². The van der Waals surface area contributed by atoms with Crippen LogP contribution in [0, 0.1) is 3.57 Å². The standard InChI is InChI=1S/C18H19IN2O2/c19-15-9-5-4-8-14(15)12-16(18(20)23)21-17(22)11-10-13-6-2-1-3-7-13/h1-9,16H,10-12H2,(H2,20,23)(H,21,22)/t16-/m1/s1. The Balaban J connectivity index is 1.92. The van der Waals surface area contributed by atoms with E-state index in [1.807, 2.05) is 54.6 Å². The summed E-state index contributed by atoms with van der Waals surface area (Å²) in [6, 6.07) is 16.8. The van der Waals surface area contributed by atoms with Gasteiger partial charge >= 0.3 is 0 Å². The molecule has 2 amide bonds. The van der Waals surface area contributed by atoms with E-state index in [0.29, 0.717) is 19.3 Å². The summed E-state index contributed by atoms with van der Waals surface area (Å²) in [7, 11) is 0. The first-order chi connectivity index (χ1) is 11.1. The number of benzene rings is 2. The molecule has 0 aliphatic heterocycles. The number of primary amides is 1. The van der Waals surface area contributed by atoms with E-state index in [1.54, 1.807) is 0 Å². The number of nitrogens with one attached hydrogen (secondary N) is 1. The van der Waals surface area contributed by atoms with Crippen LogP contribution in [0.4, 0.5) is 0 Å². The maximum atomic E-state index is 12.1. The number of hydrogen-bond acceptors (Lipinski definition) is 2. The monoisotopic (exact) mass is 422 g/mol. The van der Waals surface area contributed by atoms with Crippen molar-refractivity contribution in [2.75, 3.05) is 0 Å². The van der Waals surface area contributed by atoms with Gasteiger partial charge in [-0.1, -0.05) is 48.5 Å². The maximum Gasteiger partial charge on any atom is 0.240 e. The Kier molecular flexibility index (Phi) is 6.58. The van der Waals surface area contributed by atoms with Crippen molar-refractivity contribution in [3.8, 4) is 0 Å². The molecule has 0 aliphatic rings. The number of amides is 2. The van der Waals surface area contributed by atoms with Gasteiger partial charge in [0.15, 0.2) is 0 Å². The van der Waals surface area contributed by atoms with Gasteiger partial charge in [-0.2, -0.15) is 0 Å². The summed E-state index contributed by atoms with van der Waals surface area (Å²) >= 11 is 2.21. The van der Waals surface area contributed by atoms with Crippen molar-refractivity contribution in [1.29, 1.82) is 0 Å². The number of nitrogens with two attached hydrogens (primary N) is 1. The number of aryl methyl sites for hydroxylation is 1. The Morgan fingerprint density at radius 3 is 2.35 bits per heavy atom. The van der Waals surface area contributed by atoms with E-state index >= 15 is 0 Å². The zero-order valence-corrected chi connectivity index (χ0v) is 14.8. The molecule has 1 atom stereocenters. The summed E-state index contributed by atoms with van der Waals surface area (Å²) in [4.78, 5) is 23.7. The molecule has 0 aliphatic carbocycles. The van der Waals surface area contributed by atoms with Crippen molar-refractivity contribution < 1.29 is 9.59 Å². The molecule has 0 saturated heterocycles. The smallest absolute Gasteiger partial charge is 0.240 e. The highest BCUT2D eigenvalue weighted by atomic mass is 127. The van der Waals surface area contributed by atoms with Crippen LogP contribution in [0.5, 0.6) is 0 Å². The molecule has 4 nitrogen and oxygen atoms in total. The minimum atomic E-state index is -0.686. The average Bonchev–Trinajstić information content (AvgIpc) is 2.55. The number of rotatable bonds is 7. The zero-order chi connectivity index (χ0) is 16.7. The molecular weight excluding hydrogens is 403 g/mol. The molecule has 0 aromatic heterocycles. The highest BCUT2D eigenvalue weighted by Crippen LogP contribution is 2.13. The van der Waals surface area contributed by atoms with Gasteiger partial charge in [-0.3, -0.25) is 9.59 Å². The normalized spacial score (nSPS) is 11.7. The van der Waals surface area contributed by atoms with Crippen LogP contribution in [0.2, 0.25) is 0 Å². The van der Waals surface area contributed by atoms with Gasteiger partial charge in [-0.15, -0.1) is 0 Å². The van der Waals surface area contributed by atoms with E-state index in [0.717, 1.165) is 14.7 Å². The molecule has 0 fully saturated rings. The van der Waals surface area contributed by atoms with Crippen molar-refractivity contribution >= 4 is 34.4 Å². The topological polar surface area (TPSA) is 72.2 Å². The predicted octanol–water partition coefficient (Wildman–Crippen LogP) is 2.44. The lowest BCUT2D eigenvalue weighted by Crippen LogP contribution is -2.46. The number of carbonyl (C=O) groups is 2. The van der Waals surface area contributed by atoms with Gasteiger partial charge in [0.05, 0.1) is 0 Å². The molecule has 0 unspecified atom stereocenters. The lowest BCUT2D eigenvalue weighted by atomic mass is 10.0. The SMILES string of the molecule is NC(=O)[C@@H](Cc1ccccc1I)NC(=O)CCc1ccccc1. The average molecular weight is 422 g/mol. The van der Waals surface area contributed by atoms with Gasteiger partial charge in [0.1, 0.15) is 6.04 Å². The molecule has 0 saturated carbocycles. The van der Waals surface area contributed by atoms with Crippen LogP contribution >= 0.6 is 22.6 Å². The molecule has 5 heteroatoms. The first kappa shape index (κ1) is 17.5. The van der Waals surface area contributed by atoms with Crippen LogP contribution in [0.3, 0.4) is 0 Å². The Labute approximate surface area is 149 Å². The van der Waals surface area contributed by atoms with E-state index in [9.17, 15) is 9.59 Å². The highest BCUT2D eigenvalue weighted by Gasteiger charge is 2.19. The first-order valence-corrected chi connectivity index (χ1v) is 8.50. The molecule has 3 N–H and O–H groups in total. The molecule has 0 spiro atoms. The second-order valence-electron chi connectivity index (χ2n) is 5.30. The molecule has 23 heavy (non-hydrogen) atoms. The molecule has 120 valence electrons. The van der Waals surface area contributed by atoms with E-state index in [-0.39, 0.29) is 5.91 Å². The van der Waals surface area contributed by atoms with Crippen LogP contribution in [0.15, 0.2) is 54.6 Å². The van der Waals surface area contributed by atoms with E-state index in [2.05, 4.69) is 27.9 Å². The summed E-state index contributed by atoms with van der Waals surface area (Å²) < 4.78 is 1.05. The Hall–Kier alpha value is -1.89. The van der Waals surface area contributed by atoms with Crippen molar-refractivity contribution in [3.05, 3.63) is 69.3 Å². The molecule has 0 radical (unpaired) electrons. The minimum absolute atomic E-state index is 0.163. The van der Waals surface area contributed by atoms with Crippen molar-refractivity contribution in [1.82, 2.24) is 5.32 Å². The van der Waals surface area contributed by atoms with Crippen LogP contribution < -0.4 is 11.1 Å². The van der Waals surface area contributed by atoms with Crippen LogP contribution in [-0.2, 0) is 22.4 Å². The first-order valence-electron chi connectivity index (χ1n) is 7.42. The van der Waals surface area contributed by atoms with E-state index < -0.39 is 11.9 Å².